The Morgan fingerprint density at radius 2 is 2.09 bits per heavy atom. The maximum Gasteiger partial charge on any atom is 0.439 e. The minimum atomic E-state index is -0.601. The van der Waals surface area contributed by atoms with Gasteiger partial charge in [0.15, 0.2) is 18.9 Å². The lowest BCUT2D eigenvalue weighted by Gasteiger charge is -2.04. The van der Waals surface area contributed by atoms with Crippen LogP contribution in [-0.4, -0.2) is 21.7 Å². The lowest BCUT2D eigenvalue weighted by molar-refractivity contribution is -0.697. The van der Waals surface area contributed by atoms with Gasteiger partial charge < -0.3 is 4.74 Å². The van der Waals surface area contributed by atoms with E-state index in [0.717, 1.165) is 13.0 Å². The van der Waals surface area contributed by atoms with Crippen molar-refractivity contribution in [1.29, 1.82) is 0 Å². The van der Waals surface area contributed by atoms with E-state index >= 15 is 0 Å². The van der Waals surface area contributed by atoms with Crippen LogP contribution in [0, 0.1) is 0 Å². The van der Waals surface area contributed by atoms with Crippen molar-refractivity contribution in [3.63, 3.8) is 0 Å². The molecule has 0 unspecified atom stereocenters. The van der Waals surface area contributed by atoms with Gasteiger partial charge >= 0.3 is 5.76 Å². The molecule has 0 atom stereocenters. The Labute approximate surface area is 126 Å². The normalized spacial score (nSPS) is 10.5. The van der Waals surface area contributed by atoms with E-state index in [1.807, 2.05) is 30.6 Å². The van der Waals surface area contributed by atoms with Gasteiger partial charge in [-0.1, -0.05) is 11.2 Å². The monoisotopic (exact) mass is 299 g/mol. The summed E-state index contributed by atoms with van der Waals surface area (Å²) in [5.74, 6) is 0.375. The highest BCUT2D eigenvalue weighted by molar-refractivity contribution is 5.48. The zero-order chi connectivity index (χ0) is 15.2. The van der Waals surface area contributed by atoms with E-state index in [2.05, 4.69) is 24.2 Å². The van der Waals surface area contributed by atoms with Gasteiger partial charge in [-0.15, -0.1) is 0 Å². The maximum atomic E-state index is 10.9. The molecular weight excluding hydrogens is 284 g/mol. The molecule has 112 valence electrons. The molecule has 22 heavy (non-hydrogen) atoms. The lowest BCUT2D eigenvalue weighted by Crippen LogP contribution is -2.33. The number of rotatable bonds is 6. The van der Waals surface area contributed by atoms with E-state index in [1.165, 1.54) is 0 Å². The van der Waals surface area contributed by atoms with Gasteiger partial charge in [-0.05, 0) is 12.1 Å². The molecule has 3 heterocycles. The highest BCUT2D eigenvalue weighted by Gasteiger charge is 2.06. The summed E-state index contributed by atoms with van der Waals surface area (Å²) < 4.78 is 12.2. The summed E-state index contributed by atoms with van der Waals surface area (Å²) in [6.07, 6.45) is 6.54. The van der Waals surface area contributed by atoms with Crippen molar-refractivity contribution in [2.45, 2.75) is 13.0 Å². The Morgan fingerprint density at radius 3 is 2.77 bits per heavy atom. The van der Waals surface area contributed by atoms with Crippen LogP contribution in [0.1, 0.15) is 6.42 Å². The average molecular weight is 299 g/mol. The smallest absolute Gasteiger partial charge is 0.439 e. The minimum Gasteiger partial charge on any atom is -0.492 e. The first-order chi connectivity index (χ1) is 10.8. The Kier molecular flexibility index (Phi) is 4.24. The number of aryl methyl sites for hydroxylation is 1. The molecule has 0 bridgehead atoms. The Hall–Kier alpha value is -2.96. The Bertz CT molecular complexity index is 765. The molecular formula is C15H15N4O3+. The van der Waals surface area contributed by atoms with Gasteiger partial charge in [0, 0.05) is 18.6 Å². The van der Waals surface area contributed by atoms with E-state index in [-0.39, 0.29) is 0 Å². The fourth-order valence-electron chi connectivity index (χ4n) is 1.97. The maximum absolute atomic E-state index is 10.9. The number of hydrogen-bond acceptors (Lipinski definition) is 5. The molecule has 0 amide bonds. The van der Waals surface area contributed by atoms with Crippen LogP contribution in [-0.2, 0) is 6.54 Å². The summed E-state index contributed by atoms with van der Waals surface area (Å²) in [6.45, 7) is 1.50. The van der Waals surface area contributed by atoms with Crippen LogP contribution in [0.2, 0.25) is 0 Å². The number of pyridine rings is 2. The van der Waals surface area contributed by atoms with E-state index < -0.39 is 5.76 Å². The summed E-state index contributed by atoms with van der Waals surface area (Å²) in [5, 5.41) is 3.58. The second-order valence-electron chi connectivity index (χ2n) is 4.64. The lowest BCUT2D eigenvalue weighted by atomic mass is 10.3. The summed E-state index contributed by atoms with van der Waals surface area (Å²) in [4.78, 5) is 17.5. The fourth-order valence-corrected chi connectivity index (χ4v) is 1.97. The highest BCUT2D eigenvalue weighted by atomic mass is 16.5. The molecule has 0 aliphatic carbocycles. The summed E-state index contributed by atoms with van der Waals surface area (Å²) in [5.41, 5.74) is 0.526. The first-order valence-electron chi connectivity index (χ1n) is 6.90. The number of ether oxygens (including phenoxy) is 1. The second-order valence-corrected chi connectivity index (χ2v) is 4.64. The van der Waals surface area contributed by atoms with Gasteiger partial charge in [0.05, 0.1) is 12.8 Å². The molecule has 0 spiro atoms. The Balaban J connectivity index is 1.50. The molecule has 3 aromatic heterocycles. The van der Waals surface area contributed by atoms with Crippen LogP contribution >= 0.6 is 0 Å². The van der Waals surface area contributed by atoms with Gasteiger partial charge in [-0.2, -0.15) is 0 Å². The summed E-state index contributed by atoms with van der Waals surface area (Å²) >= 11 is 0. The van der Waals surface area contributed by atoms with Crippen molar-refractivity contribution in [2.24, 2.45) is 0 Å². The third-order valence-corrected chi connectivity index (χ3v) is 3.03. The topological polar surface area (TPSA) is 84.9 Å². The molecule has 7 heteroatoms. The van der Waals surface area contributed by atoms with Crippen LogP contribution in [0.3, 0.4) is 0 Å². The molecule has 3 aromatic rings. The third-order valence-electron chi connectivity index (χ3n) is 3.03. The molecule has 1 N–H and O–H groups in total. The van der Waals surface area contributed by atoms with Crippen molar-refractivity contribution < 1.29 is 13.8 Å². The van der Waals surface area contributed by atoms with Gasteiger partial charge in [0.25, 0.3) is 0 Å². The molecule has 0 fully saturated rings. The first kappa shape index (κ1) is 14.0. The largest absolute Gasteiger partial charge is 0.492 e. The minimum absolute atomic E-state index is 0.303. The van der Waals surface area contributed by atoms with E-state index in [0.29, 0.717) is 23.9 Å². The van der Waals surface area contributed by atoms with Crippen LogP contribution in [0.5, 0.6) is 5.75 Å². The third kappa shape index (κ3) is 3.57. The molecule has 7 nitrogen and oxygen atoms in total. The predicted octanol–water partition coefficient (Wildman–Crippen LogP) is 1.18. The van der Waals surface area contributed by atoms with Crippen molar-refractivity contribution in [2.75, 3.05) is 6.61 Å². The molecule has 0 saturated carbocycles. The molecule has 0 aliphatic rings. The van der Waals surface area contributed by atoms with Gasteiger partial charge in [-0.3, -0.25) is 9.51 Å². The zero-order valence-corrected chi connectivity index (χ0v) is 11.8. The molecule has 0 radical (unpaired) electrons. The molecule has 0 saturated heterocycles. The van der Waals surface area contributed by atoms with E-state index in [1.54, 1.807) is 18.3 Å². The van der Waals surface area contributed by atoms with Crippen LogP contribution in [0.15, 0.2) is 58.2 Å². The molecule has 3 rings (SSSR count). The summed E-state index contributed by atoms with van der Waals surface area (Å²) in [7, 11) is 0. The molecule has 0 aromatic carbocycles. The summed E-state index contributed by atoms with van der Waals surface area (Å²) in [6, 6.07) is 9.48. The standard InChI is InChI=1S/C15H14N4O3/c20-15-17-14(18-22-15)13-6-5-12(11-16-13)21-10-4-9-19-7-2-1-3-8-19/h1-3,5-8,11H,4,9-10H2/p+1. The van der Waals surface area contributed by atoms with Crippen molar-refractivity contribution >= 4 is 0 Å². The van der Waals surface area contributed by atoms with Crippen molar-refractivity contribution in [1.82, 2.24) is 15.1 Å². The fraction of sp³-hybridized carbons (Fsp3) is 0.200. The van der Waals surface area contributed by atoms with Gasteiger partial charge in [0.2, 0.25) is 5.82 Å². The number of nitrogens with one attached hydrogen (secondary N) is 1. The van der Waals surface area contributed by atoms with E-state index in [9.17, 15) is 4.79 Å². The number of nitrogens with zero attached hydrogens (tertiary/aromatic N) is 3. The van der Waals surface area contributed by atoms with Gasteiger partial charge in [-0.25, -0.2) is 14.3 Å². The first-order valence-corrected chi connectivity index (χ1v) is 6.90. The number of H-pyrrole nitrogens is 1. The van der Waals surface area contributed by atoms with Crippen LogP contribution in [0.4, 0.5) is 0 Å². The number of aromatic nitrogens is 4. The highest BCUT2D eigenvalue weighted by Crippen LogP contribution is 2.15. The SMILES string of the molecule is O=c1[nH]c(-c2ccc(OCCC[n+]3ccccc3)cn2)no1. The second kappa shape index (κ2) is 6.66. The average Bonchev–Trinajstić information content (AvgIpc) is 3.00. The van der Waals surface area contributed by atoms with Crippen molar-refractivity contribution in [3.05, 3.63) is 59.5 Å². The Morgan fingerprint density at radius 1 is 1.23 bits per heavy atom. The predicted molar refractivity (Wildman–Crippen MR) is 77.1 cm³/mol. The number of aromatic amines is 1. The zero-order valence-electron chi connectivity index (χ0n) is 11.8. The van der Waals surface area contributed by atoms with Crippen LogP contribution in [0.25, 0.3) is 11.5 Å². The quantitative estimate of drug-likeness (QED) is 0.546. The van der Waals surface area contributed by atoms with Crippen LogP contribution < -0.4 is 15.1 Å². The molecule has 0 aliphatic heterocycles. The van der Waals surface area contributed by atoms with Crippen molar-refractivity contribution in [3.8, 4) is 17.3 Å². The van der Waals surface area contributed by atoms with E-state index in [4.69, 9.17) is 4.74 Å². The number of hydrogen-bond donors (Lipinski definition) is 1. The van der Waals surface area contributed by atoms with Gasteiger partial charge in [0.1, 0.15) is 11.4 Å².